The van der Waals surface area contributed by atoms with E-state index in [1.807, 2.05) is 0 Å². The highest BCUT2D eigenvalue weighted by molar-refractivity contribution is 6.36. The van der Waals surface area contributed by atoms with Crippen molar-refractivity contribution in [1.29, 1.82) is 0 Å². The van der Waals surface area contributed by atoms with Crippen LogP contribution in [0, 0.1) is 0 Å². The Balaban J connectivity index is 1.40. The minimum atomic E-state index is 0.828. The van der Waals surface area contributed by atoms with Crippen LogP contribution in [0.5, 0.6) is 0 Å². The number of nitrogens with zero attached hydrogens (tertiary/aromatic N) is 3. The maximum absolute atomic E-state index is 5.54. The van der Waals surface area contributed by atoms with Crippen molar-refractivity contribution in [3.63, 3.8) is 0 Å². The van der Waals surface area contributed by atoms with Crippen molar-refractivity contribution in [1.82, 2.24) is 14.5 Å². The summed E-state index contributed by atoms with van der Waals surface area (Å²) in [5, 5.41) is 14.7. The first kappa shape index (κ1) is 26.5. The topological polar surface area (TPSA) is 30.7 Å². The smallest absolute Gasteiger partial charge is 0.165 e. The average Bonchev–Trinajstić information content (AvgIpc) is 3.52. The lowest BCUT2D eigenvalue weighted by Crippen LogP contribution is -2.04. The number of hydrogen-bond donors (Lipinski definition) is 0. The van der Waals surface area contributed by atoms with E-state index in [2.05, 4.69) is 168 Å². The number of aromatic nitrogens is 3. The molecule has 2 heterocycles. The van der Waals surface area contributed by atoms with Crippen molar-refractivity contribution in [2.75, 3.05) is 0 Å². The molecule has 0 fully saturated rings. The zero-order valence-corrected chi connectivity index (χ0v) is 26.4. The minimum absolute atomic E-state index is 0.828. The Morgan fingerprint density at radius 1 is 0.367 bits per heavy atom. The van der Waals surface area contributed by atoms with E-state index in [4.69, 9.17) is 9.97 Å². The highest BCUT2D eigenvalue weighted by Gasteiger charge is 2.23. The summed E-state index contributed by atoms with van der Waals surface area (Å²) in [6.07, 6.45) is 0. The standard InChI is InChI=1S/C46H27N3/c1-2-14-30(15-3-1)43-46(47-39-26-23-28-12-4-6-16-31(28)44(39)48-43)49-40-27-25-37-35-20-9-8-18-33(35)34-19-10-11-21-36(34)41(37)42(40)38-24-22-29-13-5-7-17-32(29)45(38)49/h1-27H. The van der Waals surface area contributed by atoms with Gasteiger partial charge in [0.05, 0.1) is 22.1 Å². The first-order chi connectivity index (χ1) is 24.3. The molecular weight excluding hydrogens is 595 g/mol. The molecule has 0 spiro atoms. The van der Waals surface area contributed by atoms with Crippen LogP contribution in [-0.2, 0) is 0 Å². The molecule has 0 aliphatic rings. The van der Waals surface area contributed by atoms with Crippen LogP contribution in [0.1, 0.15) is 0 Å². The van der Waals surface area contributed by atoms with Crippen LogP contribution in [-0.4, -0.2) is 14.5 Å². The lowest BCUT2D eigenvalue weighted by Gasteiger charge is -2.16. The molecule has 226 valence electrons. The van der Waals surface area contributed by atoms with Gasteiger partial charge < -0.3 is 0 Å². The molecule has 11 rings (SSSR count). The molecule has 0 saturated heterocycles. The second kappa shape index (κ2) is 9.96. The van der Waals surface area contributed by atoms with Crippen LogP contribution in [0.3, 0.4) is 0 Å². The molecule has 11 aromatic rings. The van der Waals surface area contributed by atoms with Gasteiger partial charge in [-0.05, 0) is 49.8 Å². The molecule has 9 aromatic carbocycles. The van der Waals surface area contributed by atoms with Gasteiger partial charge in [-0.3, -0.25) is 4.57 Å². The molecule has 0 aliphatic heterocycles. The van der Waals surface area contributed by atoms with E-state index >= 15 is 0 Å². The zero-order valence-electron chi connectivity index (χ0n) is 26.4. The van der Waals surface area contributed by atoms with Crippen molar-refractivity contribution >= 4 is 86.7 Å². The lowest BCUT2D eigenvalue weighted by molar-refractivity contribution is 1.08. The van der Waals surface area contributed by atoms with E-state index in [-0.39, 0.29) is 0 Å². The third kappa shape index (κ3) is 3.67. The Morgan fingerprint density at radius 3 is 1.67 bits per heavy atom. The minimum Gasteiger partial charge on any atom is -0.291 e. The van der Waals surface area contributed by atoms with Crippen molar-refractivity contribution in [3.8, 4) is 17.1 Å². The van der Waals surface area contributed by atoms with Crippen LogP contribution >= 0.6 is 0 Å². The summed E-state index contributed by atoms with van der Waals surface area (Å²) in [5.41, 5.74) is 5.94. The summed E-state index contributed by atoms with van der Waals surface area (Å²) in [6.45, 7) is 0. The van der Waals surface area contributed by atoms with Crippen LogP contribution < -0.4 is 0 Å². The fourth-order valence-corrected chi connectivity index (χ4v) is 8.21. The van der Waals surface area contributed by atoms with Crippen LogP contribution in [0.15, 0.2) is 164 Å². The van der Waals surface area contributed by atoms with Gasteiger partial charge in [0.15, 0.2) is 5.82 Å². The Hall–Kier alpha value is -6.58. The molecule has 49 heavy (non-hydrogen) atoms. The van der Waals surface area contributed by atoms with Gasteiger partial charge in [0.25, 0.3) is 0 Å². The molecule has 0 atom stereocenters. The van der Waals surface area contributed by atoms with Gasteiger partial charge in [-0.1, -0.05) is 152 Å². The SMILES string of the molecule is c1ccc(-c2nc3c(ccc4ccccc43)nc2-n2c3ccc4c5ccccc5c5ccccc5c4c3c3ccc4ccccc4c32)cc1. The summed E-state index contributed by atoms with van der Waals surface area (Å²) in [5.74, 6) is 0.828. The van der Waals surface area contributed by atoms with Gasteiger partial charge in [0.1, 0.15) is 5.69 Å². The fourth-order valence-electron chi connectivity index (χ4n) is 8.21. The van der Waals surface area contributed by atoms with Gasteiger partial charge in [-0.15, -0.1) is 0 Å². The van der Waals surface area contributed by atoms with E-state index in [9.17, 15) is 0 Å². The molecule has 0 bridgehead atoms. The van der Waals surface area contributed by atoms with Gasteiger partial charge in [-0.2, -0.15) is 0 Å². The lowest BCUT2D eigenvalue weighted by atomic mass is 9.91. The number of rotatable bonds is 2. The molecule has 0 amide bonds. The molecule has 3 nitrogen and oxygen atoms in total. The highest BCUT2D eigenvalue weighted by atomic mass is 15.1. The maximum Gasteiger partial charge on any atom is 0.165 e. The fraction of sp³-hybridized carbons (Fsp3) is 0. The first-order valence-electron chi connectivity index (χ1n) is 16.8. The van der Waals surface area contributed by atoms with Crippen molar-refractivity contribution in [2.24, 2.45) is 0 Å². The van der Waals surface area contributed by atoms with E-state index < -0.39 is 0 Å². The van der Waals surface area contributed by atoms with Gasteiger partial charge in [0, 0.05) is 32.5 Å². The molecule has 3 heteroatoms. The van der Waals surface area contributed by atoms with E-state index in [0.717, 1.165) is 49.9 Å². The van der Waals surface area contributed by atoms with Gasteiger partial charge in [0.2, 0.25) is 0 Å². The average molecular weight is 622 g/mol. The molecular formula is C46H27N3. The third-order valence-electron chi connectivity index (χ3n) is 10.3. The van der Waals surface area contributed by atoms with E-state index in [1.54, 1.807) is 0 Å². The summed E-state index contributed by atoms with van der Waals surface area (Å²) >= 11 is 0. The summed E-state index contributed by atoms with van der Waals surface area (Å²) in [4.78, 5) is 11.0. The number of fused-ring (bicyclic) bond motifs is 15. The molecule has 0 aliphatic carbocycles. The summed E-state index contributed by atoms with van der Waals surface area (Å²) in [6, 6.07) is 58.8. The Bertz CT molecular complexity index is 3120. The number of hydrogen-bond acceptors (Lipinski definition) is 2. The summed E-state index contributed by atoms with van der Waals surface area (Å²) < 4.78 is 2.39. The molecule has 0 N–H and O–H groups in total. The Morgan fingerprint density at radius 2 is 0.918 bits per heavy atom. The van der Waals surface area contributed by atoms with Gasteiger partial charge >= 0.3 is 0 Å². The Kier molecular flexibility index (Phi) is 5.38. The Labute approximate surface area is 281 Å². The van der Waals surface area contributed by atoms with Crippen molar-refractivity contribution in [2.45, 2.75) is 0 Å². The maximum atomic E-state index is 5.54. The second-order valence-electron chi connectivity index (χ2n) is 12.9. The quantitative estimate of drug-likeness (QED) is 0.180. The predicted molar refractivity (Wildman–Crippen MR) is 207 cm³/mol. The zero-order chi connectivity index (χ0) is 32.1. The van der Waals surface area contributed by atoms with Crippen molar-refractivity contribution < 1.29 is 0 Å². The third-order valence-corrected chi connectivity index (χ3v) is 10.3. The second-order valence-corrected chi connectivity index (χ2v) is 12.9. The normalized spacial score (nSPS) is 12.1. The molecule has 2 aromatic heterocycles. The van der Waals surface area contributed by atoms with Crippen LogP contribution in [0.4, 0.5) is 0 Å². The first-order valence-corrected chi connectivity index (χ1v) is 16.8. The number of benzene rings is 9. The van der Waals surface area contributed by atoms with Gasteiger partial charge in [-0.25, -0.2) is 9.97 Å². The van der Waals surface area contributed by atoms with Crippen molar-refractivity contribution in [3.05, 3.63) is 164 Å². The molecule has 0 saturated carbocycles. The van der Waals surface area contributed by atoms with E-state index in [0.29, 0.717) is 0 Å². The van der Waals surface area contributed by atoms with Crippen LogP contribution in [0.2, 0.25) is 0 Å². The highest BCUT2D eigenvalue weighted by Crippen LogP contribution is 2.45. The monoisotopic (exact) mass is 621 g/mol. The predicted octanol–water partition coefficient (Wildman–Crippen LogP) is 12.2. The van der Waals surface area contributed by atoms with E-state index in [1.165, 1.54) is 53.9 Å². The molecule has 0 radical (unpaired) electrons. The van der Waals surface area contributed by atoms with Crippen LogP contribution in [0.25, 0.3) is 104 Å². The molecule has 0 unspecified atom stereocenters. The summed E-state index contributed by atoms with van der Waals surface area (Å²) in [7, 11) is 0. The largest absolute Gasteiger partial charge is 0.291 e.